The number of methoxy groups -OCH3 is 1. The van der Waals surface area contributed by atoms with Crippen molar-refractivity contribution >= 4 is 11.7 Å². The first-order valence-corrected chi connectivity index (χ1v) is 7.48. The molecule has 5 heteroatoms. The molecule has 0 saturated carbocycles. The zero-order chi connectivity index (χ0) is 15.5. The summed E-state index contributed by atoms with van der Waals surface area (Å²) in [4.78, 5) is 8.70. The van der Waals surface area contributed by atoms with Gasteiger partial charge < -0.3 is 4.74 Å². The fourth-order valence-electron chi connectivity index (χ4n) is 2.78. The van der Waals surface area contributed by atoms with Gasteiger partial charge >= 0.3 is 0 Å². The van der Waals surface area contributed by atoms with Crippen LogP contribution >= 0.6 is 0 Å². The second kappa shape index (κ2) is 6.13. The second-order valence-corrected chi connectivity index (χ2v) is 5.52. The van der Waals surface area contributed by atoms with Gasteiger partial charge in [-0.15, -0.1) is 0 Å². The van der Waals surface area contributed by atoms with E-state index >= 15 is 0 Å². The number of rotatable bonds is 3. The Balaban J connectivity index is 1.87. The smallest absolute Gasteiger partial charge is 0.243 e. The van der Waals surface area contributed by atoms with Gasteiger partial charge in [0.15, 0.2) is 0 Å². The lowest BCUT2D eigenvalue weighted by atomic mass is 9.90. The zero-order valence-electron chi connectivity index (χ0n) is 13.2. The molecule has 3 rings (SSSR count). The number of anilines is 1. The molecule has 5 nitrogen and oxygen atoms in total. The average molecular weight is 296 g/mol. The van der Waals surface area contributed by atoms with Crippen LogP contribution in [-0.2, 0) is 6.42 Å². The van der Waals surface area contributed by atoms with Crippen LogP contribution in [0.5, 0.6) is 5.75 Å². The summed E-state index contributed by atoms with van der Waals surface area (Å²) in [6.07, 6.45) is 3.11. The van der Waals surface area contributed by atoms with Crippen molar-refractivity contribution in [2.24, 2.45) is 5.10 Å². The van der Waals surface area contributed by atoms with Crippen LogP contribution in [0, 0.1) is 13.8 Å². The van der Waals surface area contributed by atoms with Crippen LogP contribution in [0.3, 0.4) is 0 Å². The summed E-state index contributed by atoms with van der Waals surface area (Å²) >= 11 is 0. The Morgan fingerprint density at radius 1 is 1.09 bits per heavy atom. The predicted molar refractivity (Wildman–Crippen MR) is 87.6 cm³/mol. The number of ether oxygens (including phenoxy) is 1. The molecule has 114 valence electrons. The lowest BCUT2D eigenvalue weighted by Crippen LogP contribution is -2.14. The predicted octanol–water partition coefficient (Wildman–Crippen LogP) is 3.25. The number of fused-ring (bicyclic) bond motifs is 1. The number of benzene rings is 1. The number of hydrogen-bond acceptors (Lipinski definition) is 5. The van der Waals surface area contributed by atoms with E-state index in [0.717, 1.165) is 42.1 Å². The minimum absolute atomic E-state index is 0.547. The van der Waals surface area contributed by atoms with E-state index in [4.69, 9.17) is 4.74 Å². The highest BCUT2D eigenvalue weighted by atomic mass is 16.5. The molecule has 0 spiro atoms. The molecular weight excluding hydrogens is 276 g/mol. The van der Waals surface area contributed by atoms with Crippen molar-refractivity contribution in [1.82, 2.24) is 9.97 Å². The molecule has 0 atom stereocenters. The topological polar surface area (TPSA) is 59.4 Å². The van der Waals surface area contributed by atoms with Crippen molar-refractivity contribution in [2.75, 3.05) is 12.5 Å². The number of aromatic nitrogens is 2. The van der Waals surface area contributed by atoms with E-state index in [-0.39, 0.29) is 0 Å². The zero-order valence-corrected chi connectivity index (χ0v) is 13.2. The molecule has 1 aliphatic carbocycles. The van der Waals surface area contributed by atoms with Crippen molar-refractivity contribution in [3.8, 4) is 5.75 Å². The van der Waals surface area contributed by atoms with Gasteiger partial charge in [0.2, 0.25) is 5.95 Å². The van der Waals surface area contributed by atoms with E-state index in [2.05, 4.69) is 32.6 Å². The Kier molecular flexibility index (Phi) is 4.04. The number of hydrogen-bond donors (Lipinski definition) is 1. The van der Waals surface area contributed by atoms with Gasteiger partial charge in [-0.05, 0) is 62.9 Å². The largest absolute Gasteiger partial charge is 0.497 e. The standard InChI is InChI=1S/C17H20N4O/c1-11-9-12(2)19-17(18-11)21-20-16-6-4-5-13-10-14(22-3)7-8-15(13)16/h7-10H,4-6H2,1-3H3,(H,18,19,21). The minimum atomic E-state index is 0.547. The molecule has 2 aromatic rings. The third-order valence-corrected chi connectivity index (χ3v) is 3.76. The minimum Gasteiger partial charge on any atom is -0.497 e. The maximum atomic E-state index is 5.30. The fraction of sp³-hybridized carbons (Fsp3) is 0.353. The van der Waals surface area contributed by atoms with Crippen molar-refractivity contribution in [1.29, 1.82) is 0 Å². The molecule has 1 aliphatic rings. The highest BCUT2D eigenvalue weighted by Crippen LogP contribution is 2.26. The average Bonchev–Trinajstić information content (AvgIpc) is 2.51. The van der Waals surface area contributed by atoms with Gasteiger partial charge in [0, 0.05) is 17.0 Å². The number of hydrazone groups is 1. The van der Waals surface area contributed by atoms with Gasteiger partial charge in [-0.25, -0.2) is 15.4 Å². The van der Waals surface area contributed by atoms with Gasteiger partial charge in [-0.3, -0.25) is 0 Å². The van der Waals surface area contributed by atoms with Crippen molar-refractivity contribution in [3.05, 3.63) is 46.8 Å². The van der Waals surface area contributed by atoms with Gasteiger partial charge in [-0.2, -0.15) is 5.10 Å². The van der Waals surface area contributed by atoms with Gasteiger partial charge in [-0.1, -0.05) is 0 Å². The number of nitrogens with zero attached hydrogens (tertiary/aromatic N) is 3. The summed E-state index contributed by atoms with van der Waals surface area (Å²) in [6, 6.07) is 8.10. The van der Waals surface area contributed by atoms with Gasteiger partial charge in [0.25, 0.3) is 0 Å². The van der Waals surface area contributed by atoms with Crippen molar-refractivity contribution in [2.45, 2.75) is 33.1 Å². The van der Waals surface area contributed by atoms with E-state index in [1.807, 2.05) is 26.0 Å². The van der Waals surface area contributed by atoms with Crippen molar-refractivity contribution in [3.63, 3.8) is 0 Å². The summed E-state index contributed by atoms with van der Waals surface area (Å²) in [5, 5.41) is 4.53. The Bertz CT molecular complexity index is 704. The van der Waals surface area contributed by atoms with Gasteiger partial charge in [0.05, 0.1) is 12.8 Å². The Hall–Kier alpha value is -2.43. The Morgan fingerprint density at radius 2 is 1.86 bits per heavy atom. The summed E-state index contributed by atoms with van der Waals surface area (Å²) in [6.45, 7) is 3.91. The lowest BCUT2D eigenvalue weighted by Gasteiger charge is -2.18. The first-order chi connectivity index (χ1) is 10.7. The van der Waals surface area contributed by atoms with Crippen LogP contribution in [0.1, 0.15) is 35.4 Å². The molecule has 1 N–H and O–H groups in total. The van der Waals surface area contributed by atoms with E-state index in [1.54, 1.807) is 7.11 Å². The first kappa shape index (κ1) is 14.5. The first-order valence-electron chi connectivity index (χ1n) is 7.48. The van der Waals surface area contributed by atoms with Gasteiger partial charge in [0.1, 0.15) is 5.75 Å². The maximum Gasteiger partial charge on any atom is 0.243 e. The molecule has 0 fully saturated rings. The lowest BCUT2D eigenvalue weighted by molar-refractivity contribution is 0.414. The van der Waals surface area contributed by atoms with Crippen LogP contribution < -0.4 is 10.2 Å². The SMILES string of the molecule is COc1ccc2c(c1)CCCC2=NNc1nc(C)cc(C)n1. The molecule has 1 aromatic heterocycles. The fourth-order valence-corrected chi connectivity index (χ4v) is 2.78. The highest BCUT2D eigenvalue weighted by Gasteiger charge is 2.16. The number of aryl methyl sites for hydroxylation is 3. The molecule has 0 saturated heterocycles. The summed E-state index contributed by atoms with van der Waals surface area (Å²) in [7, 11) is 1.69. The van der Waals surface area contributed by atoms with E-state index < -0.39 is 0 Å². The monoisotopic (exact) mass is 296 g/mol. The normalized spacial score (nSPS) is 15.5. The third-order valence-electron chi connectivity index (χ3n) is 3.76. The molecule has 1 aromatic carbocycles. The maximum absolute atomic E-state index is 5.30. The molecule has 0 radical (unpaired) electrons. The molecule has 0 amide bonds. The van der Waals surface area contributed by atoms with Crippen LogP contribution in [0.2, 0.25) is 0 Å². The van der Waals surface area contributed by atoms with Crippen LogP contribution in [0.4, 0.5) is 5.95 Å². The summed E-state index contributed by atoms with van der Waals surface area (Å²) < 4.78 is 5.30. The van der Waals surface area contributed by atoms with Crippen LogP contribution in [0.25, 0.3) is 0 Å². The van der Waals surface area contributed by atoms with Crippen LogP contribution in [-0.4, -0.2) is 22.8 Å². The second-order valence-electron chi connectivity index (χ2n) is 5.52. The molecule has 22 heavy (non-hydrogen) atoms. The van der Waals surface area contributed by atoms with E-state index in [0.29, 0.717) is 5.95 Å². The molecule has 1 heterocycles. The number of nitrogens with one attached hydrogen (secondary N) is 1. The van der Waals surface area contributed by atoms with E-state index in [1.165, 1.54) is 11.1 Å². The van der Waals surface area contributed by atoms with E-state index in [9.17, 15) is 0 Å². The molecular formula is C17H20N4O. The Labute approximate surface area is 130 Å². The van der Waals surface area contributed by atoms with Crippen molar-refractivity contribution < 1.29 is 4.74 Å². The van der Waals surface area contributed by atoms with Crippen LogP contribution in [0.15, 0.2) is 29.4 Å². The third kappa shape index (κ3) is 3.08. The molecule has 0 aliphatic heterocycles. The Morgan fingerprint density at radius 3 is 2.59 bits per heavy atom. The molecule has 0 unspecified atom stereocenters. The highest BCUT2D eigenvalue weighted by molar-refractivity contribution is 6.03. The quantitative estimate of drug-likeness (QED) is 0.883. The summed E-state index contributed by atoms with van der Waals surface area (Å²) in [5.41, 5.74) is 8.39. The molecule has 0 bridgehead atoms. The summed E-state index contributed by atoms with van der Waals surface area (Å²) in [5.74, 6) is 1.44.